The first-order valence-corrected chi connectivity index (χ1v) is 5.03. The van der Waals surface area contributed by atoms with Crippen molar-refractivity contribution in [2.24, 2.45) is 11.7 Å². The summed E-state index contributed by atoms with van der Waals surface area (Å²) >= 11 is 0. The maximum absolute atomic E-state index is 5.60. The highest BCUT2D eigenvalue weighted by molar-refractivity contribution is 5.36. The molecule has 1 heterocycles. The van der Waals surface area contributed by atoms with Gasteiger partial charge in [0.05, 0.1) is 0 Å². The molecule has 3 heteroatoms. The molecule has 0 aliphatic carbocycles. The fourth-order valence-corrected chi connectivity index (χ4v) is 1.20. The van der Waals surface area contributed by atoms with Crippen LogP contribution in [0.25, 0.3) is 0 Å². The Kier molecular flexibility index (Phi) is 3.89. The number of aromatic nitrogens is 1. The smallest absolute Gasteiger partial charge is 0.126 e. The van der Waals surface area contributed by atoms with Gasteiger partial charge in [0, 0.05) is 11.7 Å². The number of aryl methyl sites for hydroxylation is 1. The normalized spacial score (nSPS) is 14.9. The zero-order valence-corrected chi connectivity index (χ0v) is 9.12. The molecule has 0 saturated carbocycles. The van der Waals surface area contributed by atoms with E-state index in [2.05, 4.69) is 24.1 Å². The topological polar surface area (TPSA) is 50.9 Å². The first kappa shape index (κ1) is 11.0. The predicted molar refractivity (Wildman–Crippen MR) is 60.3 cm³/mol. The van der Waals surface area contributed by atoms with Crippen molar-refractivity contribution in [3.05, 3.63) is 23.9 Å². The van der Waals surface area contributed by atoms with Gasteiger partial charge in [-0.05, 0) is 38.4 Å². The van der Waals surface area contributed by atoms with E-state index < -0.39 is 0 Å². The average Bonchev–Trinajstić information content (AvgIpc) is 2.16. The lowest BCUT2D eigenvalue weighted by molar-refractivity contribution is 0.520. The van der Waals surface area contributed by atoms with Crippen molar-refractivity contribution in [3.8, 4) is 0 Å². The summed E-state index contributed by atoms with van der Waals surface area (Å²) in [5.74, 6) is 1.38. The van der Waals surface area contributed by atoms with Crippen molar-refractivity contribution in [3.63, 3.8) is 0 Å². The molecule has 3 nitrogen and oxygen atoms in total. The van der Waals surface area contributed by atoms with Crippen molar-refractivity contribution in [1.29, 1.82) is 0 Å². The van der Waals surface area contributed by atoms with Crippen LogP contribution < -0.4 is 11.1 Å². The van der Waals surface area contributed by atoms with E-state index in [1.165, 1.54) is 0 Å². The lowest BCUT2D eigenvalue weighted by atomic mass is 10.0. The minimum Gasteiger partial charge on any atom is -0.367 e. The molecule has 0 aliphatic rings. The van der Waals surface area contributed by atoms with Crippen LogP contribution in [-0.2, 0) is 0 Å². The molecule has 1 rings (SSSR count). The molecule has 0 aliphatic heterocycles. The minimum atomic E-state index is 0.356. The number of nitrogens with two attached hydrogens (primary N) is 1. The fraction of sp³-hybridized carbons (Fsp3) is 0.545. The quantitative estimate of drug-likeness (QED) is 0.766. The van der Waals surface area contributed by atoms with Gasteiger partial charge in [-0.1, -0.05) is 13.0 Å². The van der Waals surface area contributed by atoms with Crippen molar-refractivity contribution < 1.29 is 0 Å². The van der Waals surface area contributed by atoms with Crippen LogP contribution in [0.15, 0.2) is 18.2 Å². The Morgan fingerprint density at radius 1 is 1.43 bits per heavy atom. The number of hydrogen-bond acceptors (Lipinski definition) is 3. The van der Waals surface area contributed by atoms with Crippen molar-refractivity contribution in [2.75, 3.05) is 11.9 Å². The number of hydrogen-bond donors (Lipinski definition) is 2. The summed E-state index contributed by atoms with van der Waals surface area (Å²) in [7, 11) is 0. The zero-order chi connectivity index (χ0) is 10.6. The van der Waals surface area contributed by atoms with Crippen molar-refractivity contribution >= 4 is 5.82 Å². The van der Waals surface area contributed by atoms with E-state index in [4.69, 9.17) is 5.73 Å². The van der Waals surface area contributed by atoms with Gasteiger partial charge >= 0.3 is 0 Å². The third kappa shape index (κ3) is 3.00. The molecule has 0 aromatic carbocycles. The fourth-order valence-electron chi connectivity index (χ4n) is 1.20. The van der Waals surface area contributed by atoms with Gasteiger partial charge in [-0.2, -0.15) is 0 Å². The highest BCUT2D eigenvalue weighted by Gasteiger charge is 2.10. The van der Waals surface area contributed by atoms with E-state index in [-0.39, 0.29) is 0 Å². The Morgan fingerprint density at radius 3 is 2.71 bits per heavy atom. The standard InChI is InChI=1S/C11H19N3/c1-8(7-12)10(3)14-11-6-4-5-9(2)13-11/h4-6,8,10H,7,12H2,1-3H3,(H,13,14). The summed E-state index contributed by atoms with van der Waals surface area (Å²) in [5.41, 5.74) is 6.63. The maximum Gasteiger partial charge on any atom is 0.126 e. The Bertz CT molecular complexity index is 286. The van der Waals surface area contributed by atoms with Crippen LogP contribution in [0.4, 0.5) is 5.82 Å². The molecule has 3 N–H and O–H groups in total. The number of anilines is 1. The summed E-state index contributed by atoms with van der Waals surface area (Å²) < 4.78 is 0. The second-order valence-electron chi connectivity index (χ2n) is 3.81. The maximum atomic E-state index is 5.60. The largest absolute Gasteiger partial charge is 0.367 e. The van der Waals surface area contributed by atoms with Gasteiger partial charge in [-0.25, -0.2) is 4.98 Å². The van der Waals surface area contributed by atoms with E-state index in [9.17, 15) is 0 Å². The first-order chi connectivity index (χ1) is 6.63. The molecule has 1 aromatic heterocycles. The monoisotopic (exact) mass is 193 g/mol. The molecule has 0 spiro atoms. The Morgan fingerprint density at radius 2 is 2.14 bits per heavy atom. The molecular weight excluding hydrogens is 174 g/mol. The molecule has 0 radical (unpaired) electrons. The Hall–Kier alpha value is -1.09. The van der Waals surface area contributed by atoms with Crippen molar-refractivity contribution in [1.82, 2.24) is 4.98 Å². The SMILES string of the molecule is Cc1cccc(NC(C)C(C)CN)n1. The Labute approximate surface area is 85.7 Å². The molecular formula is C11H19N3. The number of nitrogens with one attached hydrogen (secondary N) is 1. The third-order valence-electron chi connectivity index (χ3n) is 2.49. The van der Waals surface area contributed by atoms with E-state index in [0.717, 1.165) is 11.5 Å². The van der Waals surface area contributed by atoms with E-state index in [0.29, 0.717) is 18.5 Å². The predicted octanol–water partition coefficient (Wildman–Crippen LogP) is 1.79. The molecule has 2 atom stereocenters. The number of pyridine rings is 1. The van der Waals surface area contributed by atoms with Crippen LogP contribution >= 0.6 is 0 Å². The lowest BCUT2D eigenvalue weighted by Crippen LogP contribution is -2.29. The van der Waals surface area contributed by atoms with Gasteiger partial charge in [-0.3, -0.25) is 0 Å². The molecule has 0 bridgehead atoms. The van der Waals surface area contributed by atoms with Crippen LogP contribution in [0.1, 0.15) is 19.5 Å². The van der Waals surface area contributed by atoms with Crippen molar-refractivity contribution in [2.45, 2.75) is 26.8 Å². The van der Waals surface area contributed by atoms with Gasteiger partial charge in [0.15, 0.2) is 0 Å². The van der Waals surface area contributed by atoms with Crippen LogP contribution in [0.2, 0.25) is 0 Å². The van der Waals surface area contributed by atoms with Gasteiger partial charge in [0.25, 0.3) is 0 Å². The Balaban J connectivity index is 2.60. The second kappa shape index (κ2) is 4.96. The first-order valence-electron chi connectivity index (χ1n) is 5.03. The summed E-state index contributed by atoms with van der Waals surface area (Å²) in [4.78, 5) is 4.38. The minimum absolute atomic E-state index is 0.356. The molecule has 0 fully saturated rings. The molecule has 0 amide bonds. The zero-order valence-electron chi connectivity index (χ0n) is 9.12. The summed E-state index contributed by atoms with van der Waals surface area (Å²) in [6, 6.07) is 6.33. The van der Waals surface area contributed by atoms with Crippen LogP contribution in [0.3, 0.4) is 0 Å². The van der Waals surface area contributed by atoms with Gasteiger partial charge in [-0.15, -0.1) is 0 Å². The molecule has 14 heavy (non-hydrogen) atoms. The van der Waals surface area contributed by atoms with Gasteiger partial charge < -0.3 is 11.1 Å². The highest BCUT2D eigenvalue weighted by Crippen LogP contribution is 2.09. The van der Waals surface area contributed by atoms with E-state index in [1.807, 2.05) is 25.1 Å². The lowest BCUT2D eigenvalue weighted by Gasteiger charge is -2.20. The van der Waals surface area contributed by atoms with Gasteiger partial charge in [0.1, 0.15) is 5.82 Å². The number of nitrogens with zero attached hydrogens (tertiary/aromatic N) is 1. The molecule has 78 valence electrons. The summed E-state index contributed by atoms with van der Waals surface area (Å²) in [5, 5.41) is 3.34. The molecule has 1 aromatic rings. The summed E-state index contributed by atoms with van der Waals surface area (Å²) in [6.07, 6.45) is 0. The number of rotatable bonds is 4. The van der Waals surface area contributed by atoms with Crippen LogP contribution in [0.5, 0.6) is 0 Å². The van der Waals surface area contributed by atoms with E-state index in [1.54, 1.807) is 0 Å². The van der Waals surface area contributed by atoms with Gasteiger partial charge in [0.2, 0.25) is 0 Å². The molecule has 2 unspecified atom stereocenters. The third-order valence-corrected chi connectivity index (χ3v) is 2.49. The highest BCUT2D eigenvalue weighted by atomic mass is 15.0. The average molecular weight is 193 g/mol. The van der Waals surface area contributed by atoms with Crippen LogP contribution in [0, 0.1) is 12.8 Å². The summed E-state index contributed by atoms with van der Waals surface area (Å²) in [6.45, 7) is 6.94. The van der Waals surface area contributed by atoms with Crippen LogP contribution in [-0.4, -0.2) is 17.6 Å². The second-order valence-corrected chi connectivity index (χ2v) is 3.81. The molecule has 0 saturated heterocycles. The van der Waals surface area contributed by atoms with E-state index >= 15 is 0 Å².